The van der Waals surface area contributed by atoms with Crippen LogP contribution in [0.2, 0.25) is 0 Å². The second kappa shape index (κ2) is 17.4. The number of nitrogens with zero attached hydrogens (tertiary/aromatic N) is 6. The summed E-state index contributed by atoms with van der Waals surface area (Å²) in [5.41, 5.74) is 18.0. The highest BCUT2D eigenvalue weighted by molar-refractivity contribution is 6.12. The van der Waals surface area contributed by atoms with E-state index in [1.54, 1.807) is 0 Å². The lowest BCUT2D eigenvalue weighted by Gasteiger charge is -2.18. The molecule has 0 N–H and O–H groups in total. The Kier molecular flexibility index (Phi) is 10.2. The van der Waals surface area contributed by atoms with E-state index in [-0.39, 0.29) is 0 Å². The van der Waals surface area contributed by atoms with E-state index in [9.17, 15) is 5.26 Å². The Hall–Kier alpha value is -9.70. The van der Waals surface area contributed by atoms with E-state index in [0.29, 0.717) is 23.0 Å². The molecule has 6 heteroatoms. The summed E-state index contributed by atoms with van der Waals surface area (Å²) in [6.07, 6.45) is 0. The Balaban J connectivity index is 1.07. The van der Waals surface area contributed by atoms with Crippen molar-refractivity contribution in [2.24, 2.45) is 0 Å². The maximum absolute atomic E-state index is 11.1. The number of aryl methyl sites for hydroxylation is 2. The summed E-state index contributed by atoms with van der Waals surface area (Å²) in [6.45, 7) is 4.24. The fraction of sp³-hybridized carbons (Fsp3) is 0.0303. The van der Waals surface area contributed by atoms with Gasteiger partial charge < -0.3 is 9.13 Å². The average Bonchev–Trinajstić information content (AvgIpc) is 3.95. The van der Waals surface area contributed by atoms with Gasteiger partial charge in [-0.2, -0.15) is 5.26 Å². The largest absolute Gasteiger partial charge is 0.309 e. The summed E-state index contributed by atoms with van der Waals surface area (Å²) < 4.78 is 4.68. The lowest BCUT2D eigenvalue weighted by molar-refractivity contribution is 1.07. The van der Waals surface area contributed by atoms with Crippen LogP contribution in [-0.2, 0) is 0 Å². The Labute approximate surface area is 417 Å². The van der Waals surface area contributed by atoms with Crippen LogP contribution in [0.15, 0.2) is 231 Å². The van der Waals surface area contributed by atoms with Crippen molar-refractivity contribution in [2.75, 3.05) is 0 Å². The average molecular weight is 921 g/mol. The van der Waals surface area contributed by atoms with Crippen molar-refractivity contribution in [1.82, 2.24) is 24.1 Å². The van der Waals surface area contributed by atoms with Crippen LogP contribution >= 0.6 is 0 Å². The number of benzene rings is 10. The summed E-state index contributed by atoms with van der Waals surface area (Å²) >= 11 is 0. The van der Waals surface area contributed by atoms with E-state index in [2.05, 4.69) is 193 Å². The summed E-state index contributed by atoms with van der Waals surface area (Å²) in [6, 6.07) is 83.5. The van der Waals surface area contributed by atoms with Crippen molar-refractivity contribution in [3.8, 4) is 85.0 Å². The van der Waals surface area contributed by atoms with Gasteiger partial charge in [0.1, 0.15) is 0 Å². The van der Waals surface area contributed by atoms with E-state index in [1.165, 1.54) is 22.3 Å². The van der Waals surface area contributed by atoms with E-state index < -0.39 is 0 Å². The van der Waals surface area contributed by atoms with Gasteiger partial charge in [-0.05, 0) is 109 Å². The van der Waals surface area contributed by atoms with Crippen molar-refractivity contribution in [3.63, 3.8) is 0 Å². The normalized spacial score (nSPS) is 11.5. The molecule has 0 saturated carbocycles. The van der Waals surface area contributed by atoms with E-state index in [4.69, 9.17) is 15.0 Å². The number of nitriles is 1. The number of aromatic nitrogens is 5. The maximum atomic E-state index is 11.1. The smallest absolute Gasteiger partial charge is 0.164 e. The molecular formula is C66H44N6. The summed E-state index contributed by atoms with van der Waals surface area (Å²) in [5, 5.41) is 15.7. The fourth-order valence-electron chi connectivity index (χ4n) is 10.3. The molecular weight excluding hydrogens is 877 g/mol. The molecule has 6 nitrogen and oxygen atoms in total. The van der Waals surface area contributed by atoms with Crippen LogP contribution in [0.5, 0.6) is 0 Å². The number of hydrogen-bond acceptors (Lipinski definition) is 4. The van der Waals surface area contributed by atoms with Gasteiger partial charge in [-0.25, -0.2) is 15.0 Å². The molecule has 0 spiro atoms. The van der Waals surface area contributed by atoms with Gasteiger partial charge in [0.25, 0.3) is 0 Å². The van der Waals surface area contributed by atoms with Gasteiger partial charge in [0, 0.05) is 55.0 Å². The molecule has 0 unspecified atom stereocenters. The van der Waals surface area contributed by atoms with Crippen LogP contribution in [0.25, 0.3) is 123 Å². The predicted molar refractivity (Wildman–Crippen MR) is 295 cm³/mol. The van der Waals surface area contributed by atoms with Gasteiger partial charge in [0.15, 0.2) is 17.5 Å². The van der Waals surface area contributed by atoms with Crippen molar-refractivity contribution in [3.05, 3.63) is 247 Å². The highest BCUT2D eigenvalue weighted by Crippen LogP contribution is 2.42. The van der Waals surface area contributed by atoms with Gasteiger partial charge >= 0.3 is 0 Å². The highest BCUT2D eigenvalue weighted by Gasteiger charge is 2.22. The molecule has 13 rings (SSSR count). The first-order chi connectivity index (χ1) is 35.5. The minimum absolute atomic E-state index is 0.530. The molecule has 0 saturated heterocycles. The topological polar surface area (TPSA) is 72.3 Å². The van der Waals surface area contributed by atoms with Crippen LogP contribution in [0.3, 0.4) is 0 Å². The third kappa shape index (κ3) is 7.31. The molecule has 10 aromatic carbocycles. The first-order valence-electron chi connectivity index (χ1n) is 24.2. The Morgan fingerprint density at radius 3 is 1.32 bits per heavy atom. The lowest BCUT2D eigenvalue weighted by atomic mass is 9.95. The van der Waals surface area contributed by atoms with Gasteiger partial charge in [0.2, 0.25) is 0 Å². The summed E-state index contributed by atoms with van der Waals surface area (Å²) in [5.74, 6) is 1.68. The fourth-order valence-corrected chi connectivity index (χ4v) is 10.3. The van der Waals surface area contributed by atoms with Gasteiger partial charge in [-0.15, -0.1) is 0 Å². The zero-order chi connectivity index (χ0) is 48.3. The molecule has 0 bridgehead atoms. The lowest BCUT2D eigenvalue weighted by Crippen LogP contribution is -2.03. The molecule has 0 amide bonds. The first kappa shape index (κ1) is 42.4. The molecule has 0 aliphatic carbocycles. The number of hydrogen-bond donors (Lipinski definition) is 0. The van der Waals surface area contributed by atoms with Crippen molar-refractivity contribution < 1.29 is 0 Å². The second-order valence-corrected chi connectivity index (χ2v) is 18.5. The molecule has 3 heterocycles. The van der Waals surface area contributed by atoms with E-state index >= 15 is 0 Å². The van der Waals surface area contributed by atoms with Crippen LogP contribution in [0, 0.1) is 25.2 Å². The molecule has 72 heavy (non-hydrogen) atoms. The molecule has 0 radical (unpaired) electrons. The quantitative estimate of drug-likeness (QED) is 0.152. The third-order valence-corrected chi connectivity index (χ3v) is 14.0. The SMILES string of the molecule is Cc1ccc(-c2ccc3c(c2)c2ccccc2n3-c2ccc(C#N)c(-c3cc(-c4nc(-c5ccccc5)nc(-c5ccccc5)n4)ccc3-n3c4ccccc4c4cc(-c5ccc(C)cc5)ccc43)c2)cc1. The Morgan fingerprint density at radius 2 is 0.778 bits per heavy atom. The molecule has 338 valence electrons. The van der Waals surface area contributed by atoms with E-state index in [0.717, 1.165) is 93.9 Å². The number of para-hydroxylation sites is 2. The maximum Gasteiger partial charge on any atom is 0.164 e. The summed E-state index contributed by atoms with van der Waals surface area (Å²) in [7, 11) is 0. The van der Waals surface area contributed by atoms with Crippen LogP contribution < -0.4 is 0 Å². The first-order valence-corrected chi connectivity index (χ1v) is 24.2. The van der Waals surface area contributed by atoms with Crippen LogP contribution in [-0.4, -0.2) is 24.1 Å². The van der Waals surface area contributed by atoms with Gasteiger partial charge in [0.05, 0.1) is 39.4 Å². The molecule has 3 aromatic heterocycles. The zero-order valence-corrected chi connectivity index (χ0v) is 39.6. The molecule has 13 aromatic rings. The second-order valence-electron chi connectivity index (χ2n) is 18.5. The zero-order valence-electron chi connectivity index (χ0n) is 39.6. The Morgan fingerprint density at radius 1 is 0.333 bits per heavy atom. The van der Waals surface area contributed by atoms with Crippen molar-refractivity contribution in [1.29, 1.82) is 5.26 Å². The standard InChI is InChI=1S/C66H44N6/c1-42-21-25-44(26-22-42)48-30-34-61-56(37-48)53-17-9-11-19-59(53)71(61)52-33-29-51(41-67)55(40-52)58-39-50(66-69-64(46-13-5-3-6-14-46)68-65(70-66)47-15-7-4-8-16-47)32-36-63(58)72-60-20-12-10-18-54(60)57-38-49(31-35-62(57)72)45-27-23-43(2)24-28-45/h3-40H,1-2H3. The molecule has 0 aliphatic rings. The Bertz CT molecular complexity index is 4220. The third-order valence-electron chi connectivity index (χ3n) is 14.0. The van der Waals surface area contributed by atoms with Crippen molar-refractivity contribution in [2.45, 2.75) is 13.8 Å². The molecule has 0 fully saturated rings. The van der Waals surface area contributed by atoms with Gasteiger partial charge in [-0.3, -0.25) is 0 Å². The van der Waals surface area contributed by atoms with Crippen molar-refractivity contribution >= 4 is 43.6 Å². The monoisotopic (exact) mass is 920 g/mol. The molecule has 0 aliphatic heterocycles. The molecule has 0 atom stereocenters. The highest BCUT2D eigenvalue weighted by atomic mass is 15.0. The van der Waals surface area contributed by atoms with E-state index in [1.807, 2.05) is 66.7 Å². The predicted octanol–water partition coefficient (Wildman–Crippen LogP) is 16.6. The minimum Gasteiger partial charge on any atom is -0.309 e. The number of fused-ring (bicyclic) bond motifs is 6. The van der Waals surface area contributed by atoms with Crippen LogP contribution in [0.4, 0.5) is 0 Å². The summed E-state index contributed by atoms with van der Waals surface area (Å²) in [4.78, 5) is 15.4. The van der Waals surface area contributed by atoms with Gasteiger partial charge in [-0.1, -0.05) is 169 Å². The number of rotatable bonds is 8. The minimum atomic E-state index is 0.530. The van der Waals surface area contributed by atoms with Crippen LogP contribution in [0.1, 0.15) is 16.7 Å².